The SMILES string of the molecule is CCC(C)c1ccc(Oc2ccc(CCl)c(C)n2)cc1. The average molecular weight is 290 g/mol. The number of halogens is 1. The van der Waals surface area contributed by atoms with Crippen molar-refractivity contribution in [3.63, 3.8) is 0 Å². The second-order valence-electron chi connectivity index (χ2n) is 5.01. The number of rotatable bonds is 5. The van der Waals surface area contributed by atoms with Crippen LogP contribution in [-0.4, -0.2) is 4.98 Å². The first-order valence-electron chi connectivity index (χ1n) is 6.94. The van der Waals surface area contributed by atoms with E-state index in [0.717, 1.165) is 23.4 Å². The number of hydrogen-bond donors (Lipinski definition) is 0. The monoisotopic (exact) mass is 289 g/mol. The number of aryl methyl sites for hydroxylation is 1. The molecule has 1 unspecified atom stereocenters. The highest BCUT2D eigenvalue weighted by Crippen LogP contribution is 2.25. The van der Waals surface area contributed by atoms with E-state index in [4.69, 9.17) is 16.3 Å². The molecule has 1 atom stereocenters. The third-order valence-corrected chi connectivity index (χ3v) is 3.89. The third kappa shape index (κ3) is 3.51. The van der Waals surface area contributed by atoms with Gasteiger partial charge in [-0.05, 0) is 42.5 Å². The van der Waals surface area contributed by atoms with E-state index in [1.165, 1.54) is 5.56 Å². The lowest BCUT2D eigenvalue weighted by Gasteiger charge is -2.11. The summed E-state index contributed by atoms with van der Waals surface area (Å²) in [5.74, 6) is 2.46. The predicted octanol–water partition coefficient (Wildman–Crippen LogP) is 5.43. The average Bonchev–Trinajstić information content (AvgIpc) is 2.47. The minimum Gasteiger partial charge on any atom is -0.439 e. The molecule has 20 heavy (non-hydrogen) atoms. The van der Waals surface area contributed by atoms with Crippen molar-refractivity contribution in [2.24, 2.45) is 0 Å². The zero-order valence-corrected chi connectivity index (χ0v) is 12.9. The highest BCUT2D eigenvalue weighted by molar-refractivity contribution is 6.17. The second kappa shape index (κ2) is 6.76. The summed E-state index contributed by atoms with van der Waals surface area (Å²) in [7, 11) is 0. The molecule has 2 aromatic rings. The molecule has 0 amide bonds. The number of aromatic nitrogens is 1. The first-order chi connectivity index (χ1) is 9.63. The maximum atomic E-state index is 5.82. The third-order valence-electron chi connectivity index (χ3n) is 3.60. The Bertz CT molecular complexity index is 566. The van der Waals surface area contributed by atoms with E-state index in [1.54, 1.807) is 0 Å². The van der Waals surface area contributed by atoms with Gasteiger partial charge in [0.25, 0.3) is 0 Å². The molecular formula is C17H20ClNO. The molecule has 1 aromatic carbocycles. The molecule has 0 fully saturated rings. The van der Waals surface area contributed by atoms with Crippen LogP contribution in [0.15, 0.2) is 36.4 Å². The number of alkyl halides is 1. The molecule has 0 N–H and O–H groups in total. The number of hydrogen-bond acceptors (Lipinski definition) is 2. The Balaban J connectivity index is 2.12. The molecular weight excluding hydrogens is 270 g/mol. The van der Waals surface area contributed by atoms with Gasteiger partial charge in [0.1, 0.15) is 5.75 Å². The zero-order chi connectivity index (χ0) is 14.5. The molecule has 2 nitrogen and oxygen atoms in total. The summed E-state index contributed by atoms with van der Waals surface area (Å²) >= 11 is 5.82. The van der Waals surface area contributed by atoms with E-state index in [-0.39, 0.29) is 0 Å². The predicted molar refractivity (Wildman–Crippen MR) is 83.8 cm³/mol. The molecule has 0 aliphatic carbocycles. The summed E-state index contributed by atoms with van der Waals surface area (Å²) in [6.45, 7) is 6.36. The van der Waals surface area contributed by atoms with Crippen molar-refractivity contribution < 1.29 is 4.74 Å². The Morgan fingerprint density at radius 2 is 1.85 bits per heavy atom. The van der Waals surface area contributed by atoms with Crippen LogP contribution in [0.3, 0.4) is 0 Å². The van der Waals surface area contributed by atoms with Gasteiger partial charge >= 0.3 is 0 Å². The summed E-state index contributed by atoms with van der Waals surface area (Å²) in [5.41, 5.74) is 3.28. The minimum atomic E-state index is 0.475. The summed E-state index contributed by atoms with van der Waals surface area (Å²) in [4.78, 5) is 4.41. The van der Waals surface area contributed by atoms with Crippen molar-refractivity contribution in [2.45, 2.75) is 39.0 Å². The second-order valence-corrected chi connectivity index (χ2v) is 5.28. The Morgan fingerprint density at radius 1 is 1.15 bits per heavy atom. The van der Waals surface area contributed by atoms with Gasteiger partial charge in [0.15, 0.2) is 0 Å². The van der Waals surface area contributed by atoms with Gasteiger partial charge in [-0.25, -0.2) is 4.98 Å². The van der Waals surface area contributed by atoms with Crippen LogP contribution in [0, 0.1) is 6.92 Å². The van der Waals surface area contributed by atoms with E-state index in [2.05, 4.69) is 31.0 Å². The molecule has 3 heteroatoms. The van der Waals surface area contributed by atoms with Crippen molar-refractivity contribution >= 4 is 11.6 Å². The van der Waals surface area contributed by atoms with Gasteiger partial charge < -0.3 is 4.74 Å². The Morgan fingerprint density at radius 3 is 2.40 bits per heavy atom. The van der Waals surface area contributed by atoms with Gasteiger partial charge in [-0.2, -0.15) is 0 Å². The standard InChI is InChI=1S/C17H20ClNO/c1-4-12(2)14-5-8-16(9-6-14)20-17-10-7-15(11-18)13(3)19-17/h5-10,12H,4,11H2,1-3H3. The summed E-state index contributed by atoms with van der Waals surface area (Å²) in [6.07, 6.45) is 1.14. The van der Waals surface area contributed by atoms with Crippen LogP contribution < -0.4 is 4.74 Å². The van der Waals surface area contributed by atoms with E-state index in [1.807, 2.05) is 31.2 Å². The van der Waals surface area contributed by atoms with E-state index >= 15 is 0 Å². The van der Waals surface area contributed by atoms with Crippen LogP contribution in [0.25, 0.3) is 0 Å². The fraction of sp³-hybridized carbons (Fsp3) is 0.353. The van der Waals surface area contributed by atoms with Gasteiger partial charge in [-0.1, -0.05) is 32.0 Å². The largest absolute Gasteiger partial charge is 0.439 e. The van der Waals surface area contributed by atoms with Gasteiger partial charge in [-0.3, -0.25) is 0 Å². The van der Waals surface area contributed by atoms with Crippen LogP contribution in [0.4, 0.5) is 0 Å². The van der Waals surface area contributed by atoms with E-state index < -0.39 is 0 Å². The summed E-state index contributed by atoms with van der Waals surface area (Å²) < 4.78 is 5.77. The highest BCUT2D eigenvalue weighted by atomic mass is 35.5. The Kier molecular flexibility index (Phi) is 5.02. The fourth-order valence-corrected chi connectivity index (χ4v) is 2.27. The van der Waals surface area contributed by atoms with Crippen LogP contribution in [0.2, 0.25) is 0 Å². The quantitative estimate of drug-likeness (QED) is 0.684. The van der Waals surface area contributed by atoms with Crippen molar-refractivity contribution in [2.75, 3.05) is 0 Å². The zero-order valence-electron chi connectivity index (χ0n) is 12.2. The highest BCUT2D eigenvalue weighted by Gasteiger charge is 2.05. The fourth-order valence-electron chi connectivity index (χ4n) is 1.99. The van der Waals surface area contributed by atoms with Crippen molar-refractivity contribution in [1.29, 1.82) is 0 Å². The molecule has 0 radical (unpaired) electrons. The Hall–Kier alpha value is -1.54. The summed E-state index contributed by atoms with van der Waals surface area (Å²) in [5, 5.41) is 0. The molecule has 0 spiro atoms. The lowest BCUT2D eigenvalue weighted by atomic mass is 9.99. The molecule has 1 heterocycles. The van der Waals surface area contributed by atoms with Crippen molar-refractivity contribution in [3.05, 3.63) is 53.2 Å². The maximum Gasteiger partial charge on any atom is 0.219 e. The lowest BCUT2D eigenvalue weighted by Crippen LogP contribution is -1.95. The number of benzene rings is 1. The van der Waals surface area contributed by atoms with Crippen LogP contribution >= 0.6 is 11.6 Å². The first kappa shape index (κ1) is 14.9. The molecule has 1 aromatic heterocycles. The molecule has 0 aliphatic heterocycles. The van der Waals surface area contributed by atoms with E-state index in [0.29, 0.717) is 17.7 Å². The molecule has 0 saturated carbocycles. The Labute approximate surface area is 125 Å². The van der Waals surface area contributed by atoms with Gasteiger partial charge in [-0.15, -0.1) is 11.6 Å². The van der Waals surface area contributed by atoms with Gasteiger partial charge in [0, 0.05) is 17.6 Å². The topological polar surface area (TPSA) is 22.1 Å². The minimum absolute atomic E-state index is 0.475. The summed E-state index contributed by atoms with van der Waals surface area (Å²) in [6, 6.07) is 12.0. The van der Waals surface area contributed by atoms with Crippen LogP contribution in [0.5, 0.6) is 11.6 Å². The molecule has 0 bridgehead atoms. The maximum absolute atomic E-state index is 5.82. The molecule has 0 saturated heterocycles. The molecule has 0 aliphatic rings. The van der Waals surface area contributed by atoms with Crippen molar-refractivity contribution in [3.8, 4) is 11.6 Å². The van der Waals surface area contributed by atoms with Crippen LogP contribution in [0.1, 0.15) is 43.0 Å². The number of pyridine rings is 1. The van der Waals surface area contributed by atoms with E-state index in [9.17, 15) is 0 Å². The first-order valence-corrected chi connectivity index (χ1v) is 7.47. The van der Waals surface area contributed by atoms with Gasteiger partial charge in [0.05, 0.1) is 0 Å². The number of nitrogens with zero attached hydrogens (tertiary/aromatic N) is 1. The van der Waals surface area contributed by atoms with Crippen molar-refractivity contribution in [1.82, 2.24) is 4.98 Å². The molecule has 106 valence electrons. The normalized spacial score (nSPS) is 12.2. The van der Waals surface area contributed by atoms with Gasteiger partial charge in [0.2, 0.25) is 5.88 Å². The number of ether oxygens (including phenoxy) is 1. The van der Waals surface area contributed by atoms with Crippen LogP contribution in [-0.2, 0) is 5.88 Å². The molecule has 2 rings (SSSR count). The smallest absolute Gasteiger partial charge is 0.219 e. The lowest BCUT2D eigenvalue weighted by molar-refractivity contribution is 0.461.